The molecule has 0 N–H and O–H groups in total. The van der Waals surface area contributed by atoms with Crippen LogP contribution in [0.5, 0.6) is 5.75 Å². The van der Waals surface area contributed by atoms with E-state index in [0.29, 0.717) is 18.1 Å². The summed E-state index contributed by atoms with van der Waals surface area (Å²) in [6, 6.07) is 3.48. The smallest absolute Gasteiger partial charge is 0.200 e. The van der Waals surface area contributed by atoms with Crippen LogP contribution < -0.4 is 4.74 Å². The number of hydrogen-bond donors (Lipinski definition) is 0. The van der Waals surface area contributed by atoms with E-state index < -0.39 is 11.6 Å². The lowest BCUT2D eigenvalue weighted by Crippen LogP contribution is -2.40. The Morgan fingerprint density at radius 1 is 0.962 bits per heavy atom. The van der Waals surface area contributed by atoms with E-state index in [0.717, 1.165) is 31.6 Å². The number of ether oxygens (including phenoxy) is 1. The largest absolute Gasteiger partial charge is 0.491 e. The van der Waals surface area contributed by atoms with Gasteiger partial charge in [0.15, 0.2) is 11.6 Å². The molecule has 0 aromatic heterocycles. The van der Waals surface area contributed by atoms with Crippen molar-refractivity contribution in [3.8, 4) is 5.75 Å². The van der Waals surface area contributed by atoms with E-state index in [1.165, 1.54) is 44.9 Å². The first-order valence-electron chi connectivity index (χ1n) is 10.7. The van der Waals surface area contributed by atoms with Gasteiger partial charge >= 0.3 is 0 Å². The molecule has 2 saturated carbocycles. The van der Waals surface area contributed by atoms with E-state index >= 15 is 4.39 Å². The molecular weight excluding hydrogens is 330 g/mol. The molecule has 0 atom stereocenters. The molecule has 2 aliphatic carbocycles. The van der Waals surface area contributed by atoms with Gasteiger partial charge in [0, 0.05) is 5.41 Å². The van der Waals surface area contributed by atoms with Crippen molar-refractivity contribution in [1.29, 1.82) is 0 Å². The lowest BCUT2D eigenvalue weighted by Gasteiger charge is -2.47. The lowest BCUT2D eigenvalue weighted by atomic mass is 9.57. The van der Waals surface area contributed by atoms with Gasteiger partial charge in [-0.2, -0.15) is 4.39 Å². The number of hydrogen-bond acceptors (Lipinski definition) is 1. The van der Waals surface area contributed by atoms with Crippen molar-refractivity contribution in [2.75, 3.05) is 6.61 Å². The Bertz CT molecular complexity index is 584. The molecule has 146 valence electrons. The van der Waals surface area contributed by atoms with Crippen LogP contribution in [0.1, 0.15) is 90.0 Å². The molecule has 0 radical (unpaired) electrons. The van der Waals surface area contributed by atoms with Crippen LogP contribution in [0.2, 0.25) is 0 Å². The molecule has 0 spiro atoms. The van der Waals surface area contributed by atoms with Crippen molar-refractivity contribution in [2.24, 2.45) is 11.8 Å². The normalized spacial score (nSPS) is 25.8. The maximum Gasteiger partial charge on any atom is 0.200 e. The van der Waals surface area contributed by atoms with Crippen molar-refractivity contribution in [2.45, 2.75) is 89.9 Å². The van der Waals surface area contributed by atoms with Gasteiger partial charge in [-0.15, -0.1) is 0 Å². The second-order valence-corrected chi connectivity index (χ2v) is 8.40. The minimum absolute atomic E-state index is 0.0476. The highest BCUT2D eigenvalue weighted by Gasteiger charge is 2.44. The molecule has 1 aromatic carbocycles. The standard InChI is InChI=1S/C23H34F2O/c1-3-8-17-9-11-18(12-10-17)23(15-6-5-7-16-23)19-13-14-20(26-4-2)22(25)21(19)24/h13-14,17-18H,3-12,15-16H2,1-2H3. The fraction of sp³-hybridized carbons (Fsp3) is 0.739. The Morgan fingerprint density at radius 2 is 1.65 bits per heavy atom. The summed E-state index contributed by atoms with van der Waals surface area (Å²) in [4.78, 5) is 0. The summed E-state index contributed by atoms with van der Waals surface area (Å²) in [5.74, 6) is -0.0876. The Morgan fingerprint density at radius 3 is 2.27 bits per heavy atom. The van der Waals surface area contributed by atoms with Crippen LogP contribution >= 0.6 is 0 Å². The second kappa shape index (κ2) is 8.71. The first kappa shape index (κ1) is 19.6. The third kappa shape index (κ3) is 3.77. The van der Waals surface area contributed by atoms with E-state index in [9.17, 15) is 4.39 Å². The zero-order valence-electron chi connectivity index (χ0n) is 16.5. The van der Waals surface area contributed by atoms with Crippen molar-refractivity contribution in [3.63, 3.8) is 0 Å². The fourth-order valence-corrected chi connectivity index (χ4v) is 5.68. The number of rotatable bonds is 6. The molecule has 3 rings (SSSR count). The van der Waals surface area contributed by atoms with Gasteiger partial charge in [0.25, 0.3) is 0 Å². The zero-order valence-corrected chi connectivity index (χ0v) is 16.5. The average molecular weight is 365 g/mol. The van der Waals surface area contributed by atoms with Crippen molar-refractivity contribution >= 4 is 0 Å². The number of halogens is 2. The predicted octanol–water partition coefficient (Wildman–Crippen LogP) is 7.17. The third-order valence-electron chi connectivity index (χ3n) is 6.95. The molecule has 0 heterocycles. The minimum atomic E-state index is -0.797. The van der Waals surface area contributed by atoms with E-state index in [4.69, 9.17) is 4.74 Å². The highest BCUT2D eigenvalue weighted by Crippen LogP contribution is 2.52. The molecule has 0 unspecified atom stereocenters. The van der Waals surface area contributed by atoms with Crippen molar-refractivity contribution in [1.82, 2.24) is 0 Å². The summed E-state index contributed by atoms with van der Waals surface area (Å²) < 4.78 is 35.0. The van der Waals surface area contributed by atoms with Crippen LogP contribution in [-0.4, -0.2) is 6.61 Å². The van der Waals surface area contributed by atoms with Gasteiger partial charge in [0.05, 0.1) is 6.61 Å². The summed E-state index contributed by atoms with van der Waals surface area (Å²) >= 11 is 0. The van der Waals surface area contributed by atoms with Crippen LogP contribution in [-0.2, 0) is 5.41 Å². The molecule has 1 nitrogen and oxygen atoms in total. The Labute approximate surface area is 157 Å². The molecule has 0 aliphatic heterocycles. The van der Waals surface area contributed by atoms with E-state index in [-0.39, 0.29) is 11.2 Å². The molecule has 1 aromatic rings. The Kier molecular flexibility index (Phi) is 6.58. The summed E-state index contributed by atoms with van der Waals surface area (Å²) in [5, 5.41) is 0. The van der Waals surface area contributed by atoms with Gasteiger partial charge in [-0.1, -0.05) is 57.9 Å². The number of benzene rings is 1. The SMILES string of the molecule is CCCC1CCC(C2(c3ccc(OCC)c(F)c3F)CCCCC2)CC1. The molecule has 0 amide bonds. The van der Waals surface area contributed by atoms with Gasteiger partial charge in [-0.05, 0) is 56.1 Å². The monoisotopic (exact) mass is 364 g/mol. The van der Waals surface area contributed by atoms with E-state index in [1.54, 1.807) is 13.0 Å². The second-order valence-electron chi connectivity index (χ2n) is 8.40. The summed E-state index contributed by atoms with van der Waals surface area (Å²) in [6.07, 6.45) is 12.9. The van der Waals surface area contributed by atoms with Crippen LogP contribution in [0.15, 0.2) is 12.1 Å². The van der Waals surface area contributed by atoms with Gasteiger partial charge in [-0.25, -0.2) is 4.39 Å². The summed E-state index contributed by atoms with van der Waals surface area (Å²) in [7, 11) is 0. The molecule has 3 heteroatoms. The van der Waals surface area contributed by atoms with Crippen LogP contribution in [0, 0.1) is 23.5 Å². The molecule has 0 bridgehead atoms. The van der Waals surface area contributed by atoms with Gasteiger partial charge in [0.1, 0.15) is 0 Å². The molecule has 2 aliphatic rings. The van der Waals surface area contributed by atoms with Crippen molar-refractivity contribution in [3.05, 3.63) is 29.3 Å². The molecule has 26 heavy (non-hydrogen) atoms. The summed E-state index contributed by atoms with van der Waals surface area (Å²) in [5.41, 5.74) is 0.447. The van der Waals surface area contributed by atoms with Crippen molar-refractivity contribution < 1.29 is 13.5 Å². The zero-order chi connectivity index (χ0) is 18.6. The van der Waals surface area contributed by atoms with E-state index in [2.05, 4.69) is 6.92 Å². The van der Waals surface area contributed by atoms with Crippen LogP contribution in [0.3, 0.4) is 0 Å². The quantitative estimate of drug-likeness (QED) is 0.520. The van der Waals surface area contributed by atoms with Crippen LogP contribution in [0.4, 0.5) is 8.78 Å². The van der Waals surface area contributed by atoms with Gasteiger partial charge < -0.3 is 4.74 Å². The highest BCUT2D eigenvalue weighted by atomic mass is 19.2. The highest BCUT2D eigenvalue weighted by molar-refractivity contribution is 5.37. The minimum Gasteiger partial charge on any atom is -0.491 e. The van der Waals surface area contributed by atoms with Gasteiger partial charge in [-0.3, -0.25) is 0 Å². The third-order valence-corrected chi connectivity index (χ3v) is 6.95. The Hall–Kier alpha value is -1.12. The van der Waals surface area contributed by atoms with Crippen LogP contribution in [0.25, 0.3) is 0 Å². The topological polar surface area (TPSA) is 9.23 Å². The molecule has 2 fully saturated rings. The maximum absolute atomic E-state index is 15.1. The lowest BCUT2D eigenvalue weighted by molar-refractivity contribution is 0.120. The van der Waals surface area contributed by atoms with E-state index in [1.807, 2.05) is 6.07 Å². The molecular formula is C23H34F2O. The molecule has 0 saturated heterocycles. The predicted molar refractivity (Wildman–Crippen MR) is 103 cm³/mol. The Balaban J connectivity index is 1.90. The first-order chi connectivity index (χ1) is 12.6. The first-order valence-corrected chi connectivity index (χ1v) is 10.7. The summed E-state index contributed by atoms with van der Waals surface area (Å²) in [6.45, 7) is 4.40. The van der Waals surface area contributed by atoms with Gasteiger partial charge in [0.2, 0.25) is 5.82 Å². The average Bonchev–Trinajstić information content (AvgIpc) is 2.67. The fourth-order valence-electron chi connectivity index (χ4n) is 5.68. The maximum atomic E-state index is 15.1.